The Balaban J connectivity index is 1.69. The molecule has 0 bridgehead atoms. The summed E-state index contributed by atoms with van der Waals surface area (Å²) in [4.78, 5) is 4.44. The van der Waals surface area contributed by atoms with Crippen molar-refractivity contribution < 1.29 is 0 Å². The summed E-state index contributed by atoms with van der Waals surface area (Å²) in [5.41, 5.74) is 1.20. The Kier molecular flexibility index (Phi) is 3.19. The van der Waals surface area contributed by atoms with Crippen LogP contribution in [0.4, 0.5) is 0 Å². The SMILES string of the molecule is CCCC1CC1NCc1csc(C)n1. The highest BCUT2D eigenvalue weighted by atomic mass is 32.1. The Hall–Kier alpha value is -0.410. The molecule has 2 atom stereocenters. The Labute approximate surface area is 89.8 Å². The van der Waals surface area contributed by atoms with Gasteiger partial charge in [-0.15, -0.1) is 11.3 Å². The van der Waals surface area contributed by atoms with E-state index in [4.69, 9.17) is 0 Å². The fourth-order valence-corrected chi connectivity index (χ4v) is 2.53. The second kappa shape index (κ2) is 4.41. The van der Waals surface area contributed by atoms with Gasteiger partial charge in [0.05, 0.1) is 10.7 Å². The van der Waals surface area contributed by atoms with Crippen molar-refractivity contribution in [3.05, 3.63) is 16.1 Å². The molecular formula is C11H18N2S. The van der Waals surface area contributed by atoms with Crippen LogP contribution >= 0.6 is 11.3 Å². The smallest absolute Gasteiger partial charge is 0.0897 e. The van der Waals surface area contributed by atoms with Crippen molar-refractivity contribution in [2.75, 3.05) is 0 Å². The summed E-state index contributed by atoms with van der Waals surface area (Å²) >= 11 is 1.74. The third-order valence-corrected chi connectivity index (χ3v) is 3.62. The summed E-state index contributed by atoms with van der Waals surface area (Å²) in [7, 11) is 0. The molecule has 0 aliphatic heterocycles. The molecule has 14 heavy (non-hydrogen) atoms. The third-order valence-electron chi connectivity index (χ3n) is 2.79. The van der Waals surface area contributed by atoms with Gasteiger partial charge in [0, 0.05) is 18.0 Å². The van der Waals surface area contributed by atoms with Crippen LogP contribution in [0.3, 0.4) is 0 Å². The largest absolute Gasteiger partial charge is 0.308 e. The van der Waals surface area contributed by atoms with Crippen LogP contribution in [0.15, 0.2) is 5.38 Å². The average molecular weight is 210 g/mol. The van der Waals surface area contributed by atoms with Gasteiger partial charge in [-0.25, -0.2) is 4.98 Å². The normalized spacial score (nSPS) is 25.3. The zero-order valence-corrected chi connectivity index (χ0v) is 9.73. The van der Waals surface area contributed by atoms with Crippen LogP contribution in [0.25, 0.3) is 0 Å². The van der Waals surface area contributed by atoms with E-state index in [1.807, 2.05) is 0 Å². The van der Waals surface area contributed by atoms with Gasteiger partial charge in [-0.1, -0.05) is 13.3 Å². The highest BCUT2D eigenvalue weighted by molar-refractivity contribution is 7.09. The van der Waals surface area contributed by atoms with E-state index in [2.05, 4.69) is 29.5 Å². The minimum Gasteiger partial charge on any atom is -0.308 e. The Morgan fingerprint density at radius 2 is 2.50 bits per heavy atom. The van der Waals surface area contributed by atoms with Crippen LogP contribution in [-0.2, 0) is 6.54 Å². The molecule has 1 heterocycles. The predicted octanol–water partition coefficient (Wildman–Crippen LogP) is 2.73. The first kappa shape index (κ1) is 10.1. The molecule has 2 nitrogen and oxygen atoms in total. The summed E-state index contributed by atoms with van der Waals surface area (Å²) in [5, 5.41) is 6.89. The van der Waals surface area contributed by atoms with Crippen LogP contribution in [0.1, 0.15) is 36.9 Å². The zero-order chi connectivity index (χ0) is 9.97. The lowest BCUT2D eigenvalue weighted by Gasteiger charge is -2.00. The number of nitrogens with zero attached hydrogens (tertiary/aromatic N) is 1. The molecule has 0 radical (unpaired) electrons. The van der Waals surface area contributed by atoms with E-state index < -0.39 is 0 Å². The fraction of sp³-hybridized carbons (Fsp3) is 0.727. The maximum absolute atomic E-state index is 4.44. The number of aromatic nitrogens is 1. The van der Waals surface area contributed by atoms with E-state index >= 15 is 0 Å². The zero-order valence-electron chi connectivity index (χ0n) is 8.92. The summed E-state index contributed by atoms with van der Waals surface area (Å²) < 4.78 is 0. The first-order valence-electron chi connectivity index (χ1n) is 5.44. The topological polar surface area (TPSA) is 24.9 Å². The van der Waals surface area contributed by atoms with Gasteiger partial charge >= 0.3 is 0 Å². The molecule has 2 rings (SSSR count). The second-order valence-corrected chi connectivity index (χ2v) is 5.19. The van der Waals surface area contributed by atoms with E-state index in [1.54, 1.807) is 11.3 Å². The molecule has 1 saturated carbocycles. The maximum Gasteiger partial charge on any atom is 0.0897 e. The maximum atomic E-state index is 4.44. The third kappa shape index (κ3) is 2.55. The molecule has 0 saturated heterocycles. The van der Waals surface area contributed by atoms with Gasteiger partial charge < -0.3 is 5.32 Å². The number of thiazole rings is 1. The molecule has 1 aliphatic carbocycles. The van der Waals surface area contributed by atoms with Crippen LogP contribution < -0.4 is 5.32 Å². The lowest BCUT2D eigenvalue weighted by Crippen LogP contribution is -2.17. The summed E-state index contributed by atoms with van der Waals surface area (Å²) in [6, 6.07) is 0.775. The van der Waals surface area contributed by atoms with Crippen molar-refractivity contribution in [2.45, 2.75) is 45.7 Å². The fourth-order valence-electron chi connectivity index (χ4n) is 1.91. The van der Waals surface area contributed by atoms with Crippen molar-refractivity contribution in [1.29, 1.82) is 0 Å². The van der Waals surface area contributed by atoms with Crippen molar-refractivity contribution in [1.82, 2.24) is 10.3 Å². The van der Waals surface area contributed by atoms with Crippen molar-refractivity contribution in [3.63, 3.8) is 0 Å². The quantitative estimate of drug-likeness (QED) is 0.808. The van der Waals surface area contributed by atoms with Gasteiger partial charge in [-0.3, -0.25) is 0 Å². The molecule has 2 unspecified atom stereocenters. The summed E-state index contributed by atoms with van der Waals surface area (Å²) in [6.07, 6.45) is 4.07. The number of nitrogens with one attached hydrogen (secondary N) is 1. The van der Waals surface area contributed by atoms with Crippen LogP contribution in [0.5, 0.6) is 0 Å². The van der Waals surface area contributed by atoms with E-state index in [0.29, 0.717) is 0 Å². The summed E-state index contributed by atoms with van der Waals surface area (Å²) in [5.74, 6) is 0.944. The molecule has 3 heteroatoms. The first-order valence-corrected chi connectivity index (χ1v) is 6.32. The highest BCUT2D eigenvalue weighted by Gasteiger charge is 2.35. The number of hydrogen-bond acceptors (Lipinski definition) is 3. The monoisotopic (exact) mass is 210 g/mol. The van der Waals surface area contributed by atoms with E-state index in [1.165, 1.54) is 30.0 Å². The van der Waals surface area contributed by atoms with E-state index in [9.17, 15) is 0 Å². The number of aryl methyl sites for hydroxylation is 1. The van der Waals surface area contributed by atoms with Crippen molar-refractivity contribution in [2.24, 2.45) is 5.92 Å². The second-order valence-electron chi connectivity index (χ2n) is 4.13. The van der Waals surface area contributed by atoms with Crippen molar-refractivity contribution in [3.8, 4) is 0 Å². The van der Waals surface area contributed by atoms with Gasteiger partial charge in [0.15, 0.2) is 0 Å². The van der Waals surface area contributed by atoms with E-state index in [-0.39, 0.29) is 0 Å². The van der Waals surface area contributed by atoms with Crippen LogP contribution in [0, 0.1) is 12.8 Å². The molecule has 0 spiro atoms. The molecular weight excluding hydrogens is 192 g/mol. The van der Waals surface area contributed by atoms with Gasteiger partial charge in [-0.05, 0) is 25.7 Å². The van der Waals surface area contributed by atoms with Crippen LogP contribution in [-0.4, -0.2) is 11.0 Å². The number of hydrogen-bond donors (Lipinski definition) is 1. The average Bonchev–Trinajstić information content (AvgIpc) is 2.77. The molecule has 1 fully saturated rings. The minimum atomic E-state index is 0.775. The predicted molar refractivity (Wildman–Crippen MR) is 60.5 cm³/mol. The van der Waals surface area contributed by atoms with E-state index in [0.717, 1.165) is 18.5 Å². The lowest BCUT2D eigenvalue weighted by atomic mass is 10.2. The van der Waals surface area contributed by atoms with Gasteiger partial charge in [0.25, 0.3) is 0 Å². The molecule has 78 valence electrons. The van der Waals surface area contributed by atoms with Gasteiger partial charge in [-0.2, -0.15) is 0 Å². The lowest BCUT2D eigenvalue weighted by molar-refractivity contribution is 0.595. The molecule has 1 aromatic heterocycles. The van der Waals surface area contributed by atoms with Gasteiger partial charge in [0.1, 0.15) is 0 Å². The Bertz CT molecular complexity index is 295. The molecule has 1 aromatic rings. The first-order chi connectivity index (χ1) is 6.79. The van der Waals surface area contributed by atoms with Gasteiger partial charge in [0.2, 0.25) is 0 Å². The molecule has 0 aromatic carbocycles. The standard InChI is InChI=1S/C11H18N2S/c1-3-4-9-5-11(9)12-6-10-7-14-8(2)13-10/h7,9,11-12H,3-6H2,1-2H3. The number of rotatable bonds is 5. The van der Waals surface area contributed by atoms with Crippen LogP contribution in [0.2, 0.25) is 0 Å². The minimum absolute atomic E-state index is 0.775. The Morgan fingerprint density at radius 1 is 1.64 bits per heavy atom. The molecule has 1 aliphatic rings. The summed E-state index contributed by atoms with van der Waals surface area (Å²) in [6.45, 7) is 5.28. The van der Waals surface area contributed by atoms with Crippen molar-refractivity contribution >= 4 is 11.3 Å². The highest BCUT2D eigenvalue weighted by Crippen LogP contribution is 2.34. The molecule has 1 N–H and O–H groups in total. The Morgan fingerprint density at radius 3 is 3.14 bits per heavy atom. The molecule has 0 amide bonds.